The molecule has 0 aliphatic carbocycles. The van der Waals surface area contributed by atoms with Crippen molar-refractivity contribution in [1.82, 2.24) is 14.7 Å². The Kier molecular flexibility index (Phi) is 6.93. The highest BCUT2D eigenvalue weighted by atomic mass is 35.5. The number of piperazine rings is 1. The Labute approximate surface area is 195 Å². The van der Waals surface area contributed by atoms with Crippen molar-refractivity contribution in [2.75, 3.05) is 39.3 Å². The van der Waals surface area contributed by atoms with E-state index in [1.165, 1.54) is 41.3 Å². The molecule has 2 aliphatic rings. The second-order valence-corrected chi connectivity index (χ2v) is 8.78. The smallest absolute Gasteiger partial charge is 0.257 e. The van der Waals surface area contributed by atoms with Gasteiger partial charge in [0.05, 0.1) is 11.5 Å². The summed E-state index contributed by atoms with van der Waals surface area (Å²) < 4.78 is 27.2. The zero-order valence-corrected chi connectivity index (χ0v) is 18.7. The minimum atomic E-state index is -0.629. The van der Waals surface area contributed by atoms with Crippen molar-refractivity contribution in [2.45, 2.75) is 12.8 Å². The van der Waals surface area contributed by atoms with E-state index in [1.807, 2.05) is 0 Å². The van der Waals surface area contributed by atoms with E-state index in [2.05, 4.69) is 0 Å². The minimum absolute atomic E-state index is 0.0485. The maximum absolute atomic E-state index is 14.0. The molecule has 1 atom stereocenters. The minimum Gasteiger partial charge on any atom is -0.339 e. The average Bonchev–Trinajstić information content (AvgIpc) is 2.85. The van der Waals surface area contributed by atoms with Crippen molar-refractivity contribution in [2.24, 2.45) is 5.92 Å². The van der Waals surface area contributed by atoms with Crippen LogP contribution in [-0.2, 0) is 4.79 Å². The Balaban J connectivity index is 1.34. The van der Waals surface area contributed by atoms with Gasteiger partial charge in [0.1, 0.15) is 11.6 Å². The Morgan fingerprint density at radius 1 is 0.818 bits per heavy atom. The first-order valence-corrected chi connectivity index (χ1v) is 11.3. The summed E-state index contributed by atoms with van der Waals surface area (Å²) in [6.07, 6.45) is 1.38. The van der Waals surface area contributed by atoms with Gasteiger partial charge in [0.15, 0.2) is 0 Å². The van der Waals surface area contributed by atoms with Crippen LogP contribution in [0.4, 0.5) is 8.78 Å². The molecule has 2 saturated heterocycles. The summed E-state index contributed by atoms with van der Waals surface area (Å²) in [5.41, 5.74) is 0.314. The van der Waals surface area contributed by atoms with Gasteiger partial charge in [-0.1, -0.05) is 11.6 Å². The molecule has 0 spiro atoms. The third kappa shape index (κ3) is 5.16. The number of carbonyl (C=O) groups is 3. The van der Waals surface area contributed by atoms with Crippen LogP contribution in [0, 0.1) is 17.6 Å². The quantitative estimate of drug-likeness (QED) is 0.683. The molecule has 2 heterocycles. The summed E-state index contributed by atoms with van der Waals surface area (Å²) in [4.78, 5) is 43.4. The average molecular weight is 476 g/mol. The monoisotopic (exact) mass is 475 g/mol. The van der Waals surface area contributed by atoms with Crippen LogP contribution in [0.15, 0.2) is 42.5 Å². The normalized spacial score (nSPS) is 18.9. The molecule has 1 unspecified atom stereocenters. The molecule has 2 fully saturated rings. The summed E-state index contributed by atoms with van der Waals surface area (Å²) in [5, 5.41) is 0.283. The zero-order valence-electron chi connectivity index (χ0n) is 18.0. The van der Waals surface area contributed by atoms with E-state index in [0.717, 1.165) is 6.07 Å². The van der Waals surface area contributed by atoms with Gasteiger partial charge in [0.2, 0.25) is 5.91 Å². The van der Waals surface area contributed by atoms with Gasteiger partial charge in [-0.2, -0.15) is 0 Å². The second kappa shape index (κ2) is 9.87. The number of benzene rings is 2. The first-order valence-electron chi connectivity index (χ1n) is 10.9. The molecular weight excluding hydrogens is 452 g/mol. The summed E-state index contributed by atoms with van der Waals surface area (Å²) in [6, 6.07) is 9.25. The SMILES string of the molecule is O=C(c1ccc(F)cc1)N1CCCC(C(=O)N2CCN(C(=O)c3cc(Cl)ccc3F)CC2)C1. The van der Waals surface area contributed by atoms with Gasteiger partial charge in [-0.05, 0) is 55.3 Å². The highest BCUT2D eigenvalue weighted by Crippen LogP contribution is 2.23. The standard InChI is InChI=1S/C24H24ClF2N3O3/c25-18-5-8-21(27)20(14-18)24(33)29-12-10-28(11-13-29)23(32)17-2-1-9-30(15-17)22(31)16-3-6-19(26)7-4-16/h3-8,14,17H,1-2,9-13,15H2. The molecule has 2 aromatic carbocycles. The largest absolute Gasteiger partial charge is 0.339 e. The Morgan fingerprint density at radius 2 is 1.48 bits per heavy atom. The first kappa shape index (κ1) is 23.2. The number of hydrogen-bond donors (Lipinski definition) is 0. The molecule has 2 aromatic rings. The number of nitrogens with zero attached hydrogens (tertiary/aromatic N) is 3. The molecule has 33 heavy (non-hydrogen) atoms. The molecule has 0 saturated carbocycles. The van der Waals surface area contributed by atoms with Gasteiger partial charge in [-0.3, -0.25) is 14.4 Å². The number of hydrogen-bond acceptors (Lipinski definition) is 3. The second-order valence-electron chi connectivity index (χ2n) is 8.34. The molecular formula is C24H24ClF2N3O3. The van der Waals surface area contributed by atoms with E-state index in [4.69, 9.17) is 11.6 Å². The highest BCUT2D eigenvalue weighted by molar-refractivity contribution is 6.31. The van der Waals surface area contributed by atoms with E-state index >= 15 is 0 Å². The van der Waals surface area contributed by atoms with Crippen LogP contribution in [0.3, 0.4) is 0 Å². The molecule has 4 rings (SSSR count). The molecule has 0 N–H and O–H groups in total. The topological polar surface area (TPSA) is 60.9 Å². The Morgan fingerprint density at radius 3 is 2.18 bits per heavy atom. The van der Waals surface area contributed by atoms with Gasteiger partial charge >= 0.3 is 0 Å². The molecule has 3 amide bonds. The van der Waals surface area contributed by atoms with Crippen LogP contribution in [0.1, 0.15) is 33.6 Å². The van der Waals surface area contributed by atoms with E-state index in [1.54, 1.807) is 9.80 Å². The molecule has 2 aliphatic heterocycles. The van der Waals surface area contributed by atoms with Crippen LogP contribution >= 0.6 is 11.6 Å². The number of likely N-dealkylation sites (tertiary alicyclic amines) is 1. The number of piperidine rings is 1. The number of rotatable bonds is 3. The first-order chi connectivity index (χ1) is 15.8. The van der Waals surface area contributed by atoms with Crippen molar-refractivity contribution in [3.8, 4) is 0 Å². The molecule has 0 radical (unpaired) electrons. The predicted octanol–water partition coefficient (Wildman–Crippen LogP) is 3.46. The van der Waals surface area contributed by atoms with Crippen molar-refractivity contribution in [1.29, 1.82) is 0 Å². The van der Waals surface area contributed by atoms with E-state index < -0.39 is 17.5 Å². The van der Waals surface area contributed by atoms with Crippen LogP contribution in [0.25, 0.3) is 0 Å². The van der Waals surface area contributed by atoms with Crippen molar-refractivity contribution in [3.63, 3.8) is 0 Å². The summed E-state index contributed by atoms with van der Waals surface area (Å²) in [7, 11) is 0. The lowest BCUT2D eigenvalue weighted by molar-refractivity contribution is -0.138. The van der Waals surface area contributed by atoms with Crippen LogP contribution in [0.5, 0.6) is 0 Å². The lowest BCUT2D eigenvalue weighted by Crippen LogP contribution is -2.54. The third-order valence-electron chi connectivity index (χ3n) is 6.19. The van der Waals surface area contributed by atoms with E-state index in [9.17, 15) is 23.2 Å². The third-order valence-corrected chi connectivity index (χ3v) is 6.42. The van der Waals surface area contributed by atoms with Gasteiger partial charge in [0, 0.05) is 49.9 Å². The Bertz CT molecular complexity index is 1060. The van der Waals surface area contributed by atoms with Crippen LogP contribution < -0.4 is 0 Å². The lowest BCUT2D eigenvalue weighted by Gasteiger charge is -2.39. The lowest BCUT2D eigenvalue weighted by atomic mass is 9.95. The maximum atomic E-state index is 14.0. The van der Waals surface area contributed by atoms with Gasteiger partial charge in [-0.15, -0.1) is 0 Å². The van der Waals surface area contributed by atoms with Crippen molar-refractivity contribution < 1.29 is 23.2 Å². The molecule has 9 heteroatoms. The molecule has 0 bridgehead atoms. The summed E-state index contributed by atoms with van der Waals surface area (Å²) in [6.45, 7) is 2.13. The number of carbonyl (C=O) groups excluding carboxylic acids is 3. The number of amides is 3. The van der Waals surface area contributed by atoms with Crippen molar-refractivity contribution in [3.05, 3.63) is 70.2 Å². The summed E-state index contributed by atoms with van der Waals surface area (Å²) in [5.74, 6) is -2.07. The zero-order chi connectivity index (χ0) is 23.5. The fourth-order valence-electron chi connectivity index (χ4n) is 4.36. The number of halogens is 3. The van der Waals surface area contributed by atoms with E-state index in [0.29, 0.717) is 57.7 Å². The molecule has 6 nitrogen and oxygen atoms in total. The van der Waals surface area contributed by atoms with E-state index in [-0.39, 0.29) is 28.3 Å². The van der Waals surface area contributed by atoms with Gasteiger partial charge < -0.3 is 14.7 Å². The molecule has 174 valence electrons. The fraction of sp³-hybridized carbons (Fsp3) is 0.375. The van der Waals surface area contributed by atoms with Gasteiger partial charge in [-0.25, -0.2) is 8.78 Å². The fourth-order valence-corrected chi connectivity index (χ4v) is 4.53. The summed E-state index contributed by atoms with van der Waals surface area (Å²) >= 11 is 5.90. The van der Waals surface area contributed by atoms with Crippen molar-refractivity contribution >= 4 is 29.3 Å². The van der Waals surface area contributed by atoms with Gasteiger partial charge in [0.25, 0.3) is 11.8 Å². The van der Waals surface area contributed by atoms with Crippen LogP contribution in [-0.4, -0.2) is 71.7 Å². The van der Waals surface area contributed by atoms with Crippen LogP contribution in [0.2, 0.25) is 5.02 Å². The predicted molar refractivity (Wildman–Crippen MR) is 119 cm³/mol. The maximum Gasteiger partial charge on any atom is 0.257 e. The Hall–Kier alpha value is -3.00. The molecule has 0 aromatic heterocycles. The highest BCUT2D eigenvalue weighted by Gasteiger charge is 2.34.